The Hall–Kier alpha value is -2.12. The van der Waals surface area contributed by atoms with Gasteiger partial charge in [0.1, 0.15) is 4.83 Å². The van der Waals surface area contributed by atoms with E-state index in [2.05, 4.69) is 9.72 Å². The summed E-state index contributed by atoms with van der Waals surface area (Å²) in [5, 5.41) is 3.29. The van der Waals surface area contributed by atoms with Crippen molar-refractivity contribution in [3.8, 4) is 11.1 Å². The van der Waals surface area contributed by atoms with E-state index in [1.165, 1.54) is 30.2 Å². The van der Waals surface area contributed by atoms with E-state index in [9.17, 15) is 9.59 Å². The highest BCUT2D eigenvalue weighted by Gasteiger charge is 2.16. The molecule has 0 fully saturated rings. The number of esters is 1. The second-order valence-corrected chi connectivity index (χ2v) is 7.23. The van der Waals surface area contributed by atoms with Crippen LogP contribution in [0.25, 0.3) is 21.3 Å². The summed E-state index contributed by atoms with van der Waals surface area (Å²) in [6.45, 7) is 2.46. The van der Waals surface area contributed by atoms with Crippen LogP contribution in [0.4, 0.5) is 0 Å². The Balaban J connectivity index is 2.02. The number of hydrogen-bond acceptors (Lipinski definition) is 6. The molecule has 0 atom stereocenters. The van der Waals surface area contributed by atoms with Crippen molar-refractivity contribution in [3.63, 3.8) is 0 Å². The molecule has 3 aromatic rings. The lowest BCUT2D eigenvalue weighted by molar-refractivity contribution is -0.140. The Labute approximate surface area is 153 Å². The van der Waals surface area contributed by atoms with Gasteiger partial charge in [-0.25, -0.2) is 4.98 Å². The van der Waals surface area contributed by atoms with Crippen molar-refractivity contribution in [2.75, 3.05) is 12.9 Å². The van der Waals surface area contributed by atoms with Gasteiger partial charge < -0.3 is 4.74 Å². The second-order valence-electron chi connectivity index (χ2n) is 5.31. The van der Waals surface area contributed by atoms with Crippen molar-refractivity contribution in [2.24, 2.45) is 0 Å². The predicted octanol–water partition coefficient (Wildman–Crippen LogP) is 3.80. The number of benzene rings is 1. The topological polar surface area (TPSA) is 61.2 Å². The fourth-order valence-electron chi connectivity index (χ4n) is 2.55. The van der Waals surface area contributed by atoms with Gasteiger partial charge in [-0.15, -0.1) is 11.3 Å². The van der Waals surface area contributed by atoms with Crippen molar-refractivity contribution in [1.29, 1.82) is 0 Å². The van der Waals surface area contributed by atoms with Crippen LogP contribution in [0.2, 0.25) is 0 Å². The van der Waals surface area contributed by atoms with Crippen LogP contribution in [0.3, 0.4) is 0 Å². The van der Waals surface area contributed by atoms with E-state index >= 15 is 0 Å². The largest absolute Gasteiger partial charge is 0.469 e. The number of hydrogen-bond donors (Lipinski definition) is 0. The van der Waals surface area contributed by atoms with Crippen molar-refractivity contribution in [1.82, 2.24) is 9.55 Å². The number of ether oxygens (including phenoxy) is 1. The molecule has 0 aliphatic rings. The van der Waals surface area contributed by atoms with E-state index in [0.29, 0.717) is 29.3 Å². The molecule has 0 N–H and O–H groups in total. The monoisotopic (exact) mass is 374 g/mol. The summed E-state index contributed by atoms with van der Waals surface area (Å²) < 4.78 is 6.32. The van der Waals surface area contributed by atoms with E-state index in [1.54, 1.807) is 4.57 Å². The highest BCUT2D eigenvalue weighted by molar-refractivity contribution is 7.99. The van der Waals surface area contributed by atoms with Crippen LogP contribution in [0.1, 0.15) is 13.3 Å². The van der Waals surface area contributed by atoms with Crippen LogP contribution in [-0.4, -0.2) is 28.4 Å². The Kier molecular flexibility index (Phi) is 5.55. The van der Waals surface area contributed by atoms with Gasteiger partial charge in [-0.1, -0.05) is 42.1 Å². The minimum atomic E-state index is -0.263. The number of fused-ring (bicyclic) bond motifs is 1. The van der Waals surface area contributed by atoms with Gasteiger partial charge in [0.05, 0.1) is 18.9 Å². The fraction of sp³-hybridized carbons (Fsp3) is 0.278. The molecule has 25 heavy (non-hydrogen) atoms. The van der Waals surface area contributed by atoms with Gasteiger partial charge in [0.15, 0.2) is 5.16 Å². The molecule has 0 unspecified atom stereocenters. The number of carbonyl (C=O) groups excluding carboxylic acids is 1. The first-order valence-electron chi connectivity index (χ1n) is 7.92. The lowest BCUT2D eigenvalue weighted by Gasteiger charge is -2.10. The summed E-state index contributed by atoms with van der Waals surface area (Å²) in [6.07, 6.45) is 0.290. The third-order valence-electron chi connectivity index (χ3n) is 3.82. The standard InChI is InChI=1S/C18H18N2O3S2/c1-3-20-17(22)15-13(12-7-5-4-6-8-12)11-25-16(15)19-18(20)24-10-9-14(21)23-2/h4-8,11H,3,9-10H2,1-2H3. The van der Waals surface area contributed by atoms with Crippen molar-refractivity contribution in [2.45, 2.75) is 25.0 Å². The van der Waals surface area contributed by atoms with Crippen LogP contribution in [0.5, 0.6) is 0 Å². The van der Waals surface area contributed by atoms with E-state index in [0.717, 1.165) is 16.0 Å². The van der Waals surface area contributed by atoms with Gasteiger partial charge in [-0.05, 0) is 12.5 Å². The summed E-state index contributed by atoms with van der Waals surface area (Å²) in [5.41, 5.74) is 1.90. The lowest BCUT2D eigenvalue weighted by atomic mass is 10.1. The molecule has 2 heterocycles. The molecule has 0 bridgehead atoms. The molecule has 5 nitrogen and oxygen atoms in total. The van der Waals surface area contributed by atoms with Crippen LogP contribution < -0.4 is 5.56 Å². The Morgan fingerprint density at radius 2 is 2.08 bits per heavy atom. The highest BCUT2D eigenvalue weighted by atomic mass is 32.2. The summed E-state index contributed by atoms with van der Waals surface area (Å²) >= 11 is 2.88. The van der Waals surface area contributed by atoms with E-state index in [4.69, 9.17) is 0 Å². The molecule has 7 heteroatoms. The number of carbonyl (C=O) groups is 1. The molecule has 0 radical (unpaired) electrons. The molecule has 0 saturated heterocycles. The first kappa shape index (κ1) is 17.7. The Bertz CT molecular complexity index is 948. The minimum absolute atomic E-state index is 0.0341. The Morgan fingerprint density at radius 1 is 1.32 bits per heavy atom. The number of rotatable bonds is 6. The molecule has 1 aromatic carbocycles. The van der Waals surface area contributed by atoms with Gasteiger partial charge >= 0.3 is 5.97 Å². The molecular weight excluding hydrogens is 356 g/mol. The first-order chi connectivity index (χ1) is 12.2. The van der Waals surface area contributed by atoms with Gasteiger partial charge in [0, 0.05) is 23.2 Å². The van der Waals surface area contributed by atoms with E-state index in [-0.39, 0.29) is 11.5 Å². The number of aromatic nitrogens is 2. The number of nitrogens with zero attached hydrogens (tertiary/aromatic N) is 2. The van der Waals surface area contributed by atoms with Gasteiger partial charge in [0.2, 0.25) is 0 Å². The van der Waals surface area contributed by atoms with Crippen LogP contribution in [0, 0.1) is 0 Å². The Morgan fingerprint density at radius 3 is 2.76 bits per heavy atom. The molecule has 0 saturated carbocycles. The van der Waals surface area contributed by atoms with Gasteiger partial charge in [-0.3, -0.25) is 14.2 Å². The van der Waals surface area contributed by atoms with Crippen LogP contribution >= 0.6 is 23.1 Å². The molecule has 0 aliphatic heterocycles. The first-order valence-corrected chi connectivity index (χ1v) is 9.79. The maximum atomic E-state index is 13.0. The quantitative estimate of drug-likeness (QED) is 0.373. The van der Waals surface area contributed by atoms with Crippen LogP contribution in [0.15, 0.2) is 45.7 Å². The summed E-state index contributed by atoms with van der Waals surface area (Å²) in [6, 6.07) is 9.87. The predicted molar refractivity (Wildman–Crippen MR) is 102 cm³/mol. The van der Waals surface area contributed by atoms with E-state index < -0.39 is 0 Å². The normalized spacial score (nSPS) is 11.0. The minimum Gasteiger partial charge on any atom is -0.469 e. The average Bonchev–Trinajstić information content (AvgIpc) is 3.06. The third kappa shape index (κ3) is 3.62. The van der Waals surface area contributed by atoms with Gasteiger partial charge in [-0.2, -0.15) is 0 Å². The van der Waals surface area contributed by atoms with Crippen molar-refractivity contribution in [3.05, 3.63) is 46.1 Å². The van der Waals surface area contributed by atoms with Crippen LogP contribution in [-0.2, 0) is 16.1 Å². The maximum Gasteiger partial charge on any atom is 0.306 e. The zero-order valence-electron chi connectivity index (χ0n) is 14.0. The average molecular weight is 374 g/mol. The maximum absolute atomic E-state index is 13.0. The fourth-order valence-corrected chi connectivity index (χ4v) is 4.52. The zero-order chi connectivity index (χ0) is 17.8. The van der Waals surface area contributed by atoms with E-state index in [1.807, 2.05) is 42.6 Å². The van der Waals surface area contributed by atoms with Crippen molar-refractivity contribution < 1.29 is 9.53 Å². The number of thioether (sulfide) groups is 1. The summed E-state index contributed by atoms with van der Waals surface area (Å²) in [7, 11) is 1.37. The number of thiophene rings is 1. The molecule has 3 rings (SSSR count). The smallest absolute Gasteiger partial charge is 0.306 e. The molecule has 130 valence electrons. The molecule has 0 aliphatic carbocycles. The molecule has 2 aromatic heterocycles. The van der Waals surface area contributed by atoms with Crippen molar-refractivity contribution >= 4 is 39.3 Å². The summed E-state index contributed by atoms with van der Waals surface area (Å²) in [4.78, 5) is 29.7. The zero-order valence-corrected chi connectivity index (χ0v) is 15.7. The number of methoxy groups -OCH3 is 1. The molecule has 0 amide bonds. The molecule has 0 spiro atoms. The lowest BCUT2D eigenvalue weighted by Crippen LogP contribution is -2.22. The summed E-state index contributed by atoms with van der Waals surface area (Å²) in [5.74, 6) is 0.267. The molecular formula is C18H18N2O3S2. The van der Waals surface area contributed by atoms with Gasteiger partial charge in [0.25, 0.3) is 5.56 Å². The highest BCUT2D eigenvalue weighted by Crippen LogP contribution is 2.32. The second kappa shape index (κ2) is 7.84. The third-order valence-corrected chi connectivity index (χ3v) is 5.68. The SMILES string of the molecule is CCn1c(SCCC(=O)OC)nc2scc(-c3ccccc3)c2c1=O.